The van der Waals surface area contributed by atoms with Gasteiger partial charge in [-0.2, -0.15) is 13.2 Å². The van der Waals surface area contributed by atoms with Gasteiger partial charge in [-0.15, -0.1) is 0 Å². The van der Waals surface area contributed by atoms with Crippen LogP contribution < -0.4 is 0 Å². The third-order valence-electron chi connectivity index (χ3n) is 0.842. The van der Waals surface area contributed by atoms with E-state index in [0.717, 1.165) is 0 Å². The second-order valence-corrected chi connectivity index (χ2v) is 1.73. The van der Waals surface area contributed by atoms with E-state index >= 15 is 0 Å². The van der Waals surface area contributed by atoms with Gasteiger partial charge in [0.25, 0.3) is 0 Å². The van der Waals surface area contributed by atoms with Crippen molar-refractivity contribution in [2.75, 3.05) is 13.2 Å². The number of ether oxygens (including phenoxy) is 1. The summed E-state index contributed by atoms with van der Waals surface area (Å²) in [7, 11) is 0. The number of halogens is 3. The molecule has 0 bridgehead atoms. The van der Waals surface area contributed by atoms with Gasteiger partial charge in [0.2, 0.25) is 0 Å². The van der Waals surface area contributed by atoms with Crippen LogP contribution >= 0.6 is 0 Å². The Morgan fingerprint density at radius 3 is 2.40 bits per heavy atom. The molecule has 1 radical (unpaired) electrons. The average molecular weight is 155 g/mol. The molecule has 0 aliphatic heterocycles. The van der Waals surface area contributed by atoms with Crippen LogP contribution in [0.4, 0.5) is 13.2 Å². The molecule has 0 unspecified atom stereocenters. The number of hydrogen-bond donors (Lipinski definition) is 0. The fourth-order valence-electron chi connectivity index (χ4n) is 0.450. The van der Waals surface area contributed by atoms with E-state index in [1.807, 2.05) is 0 Å². The molecule has 0 fully saturated rings. The Hall–Kier alpha value is -0.250. The van der Waals surface area contributed by atoms with Crippen LogP contribution in [-0.4, -0.2) is 19.4 Å². The summed E-state index contributed by atoms with van der Waals surface area (Å²) in [6, 6.07) is 0. The summed E-state index contributed by atoms with van der Waals surface area (Å²) in [5.74, 6) is 0. The normalized spacial score (nSPS) is 12.0. The largest absolute Gasteiger partial charge is 0.392 e. The van der Waals surface area contributed by atoms with Crippen LogP contribution in [0, 0.1) is 6.42 Å². The molecular formula is C6H10F3O. The first-order valence-corrected chi connectivity index (χ1v) is 3.05. The topological polar surface area (TPSA) is 9.23 Å². The molecule has 0 amide bonds. The first-order chi connectivity index (χ1) is 4.56. The van der Waals surface area contributed by atoms with Gasteiger partial charge in [0, 0.05) is 13.2 Å². The van der Waals surface area contributed by atoms with Crippen molar-refractivity contribution < 1.29 is 17.9 Å². The molecule has 0 saturated carbocycles. The highest BCUT2D eigenvalue weighted by Gasteiger charge is 2.26. The first kappa shape index (κ1) is 9.75. The highest BCUT2D eigenvalue weighted by Crippen LogP contribution is 2.19. The minimum absolute atomic E-state index is 0.0582. The Bertz CT molecular complexity index is 79.6. The third kappa shape index (κ3) is 7.75. The molecule has 0 saturated heterocycles. The van der Waals surface area contributed by atoms with E-state index in [1.165, 1.54) is 0 Å². The highest BCUT2D eigenvalue weighted by atomic mass is 19.4. The molecule has 0 N–H and O–H groups in total. The lowest BCUT2D eigenvalue weighted by molar-refractivity contribution is -0.1000. The van der Waals surface area contributed by atoms with E-state index in [-0.39, 0.29) is 13.0 Å². The van der Waals surface area contributed by atoms with Crippen LogP contribution in [0.5, 0.6) is 0 Å². The Morgan fingerprint density at radius 1 is 1.40 bits per heavy atom. The summed E-state index contributed by atoms with van der Waals surface area (Å²) in [4.78, 5) is 0. The van der Waals surface area contributed by atoms with Crippen molar-refractivity contribution in [1.29, 1.82) is 0 Å². The number of hydrogen-bond acceptors (Lipinski definition) is 1. The van der Waals surface area contributed by atoms with Crippen molar-refractivity contribution >= 4 is 0 Å². The van der Waals surface area contributed by atoms with Crippen LogP contribution in [0.25, 0.3) is 0 Å². The van der Waals surface area contributed by atoms with Crippen LogP contribution in [0.1, 0.15) is 13.3 Å². The zero-order valence-electron chi connectivity index (χ0n) is 5.74. The van der Waals surface area contributed by atoms with E-state index in [1.54, 1.807) is 6.92 Å². The standard InChI is InChI=1S/C6H10F3O/c1-2-10-5-3-4-6(7,8)9/h4H,2-3,5H2,1H3. The molecule has 61 valence electrons. The lowest BCUT2D eigenvalue weighted by Crippen LogP contribution is -2.09. The SMILES string of the molecule is CCOCC[CH]C(F)(F)F. The molecule has 0 aliphatic carbocycles. The quantitative estimate of drug-likeness (QED) is 0.565. The van der Waals surface area contributed by atoms with Gasteiger partial charge in [0.05, 0.1) is 6.42 Å². The average Bonchev–Trinajstić information content (AvgIpc) is 1.78. The molecule has 0 heterocycles. The third-order valence-corrected chi connectivity index (χ3v) is 0.842. The van der Waals surface area contributed by atoms with Gasteiger partial charge < -0.3 is 4.74 Å². The predicted molar refractivity (Wildman–Crippen MR) is 31.5 cm³/mol. The number of alkyl halides is 3. The van der Waals surface area contributed by atoms with Crippen molar-refractivity contribution in [3.63, 3.8) is 0 Å². The molecule has 0 aliphatic rings. The number of rotatable bonds is 4. The molecule has 0 aromatic carbocycles. The predicted octanol–water partition coefficient (Wildman–Crippen LogP) is 2.18. The fraction of sp³-hybridized carbons (Fsp3) is 0.833. The summed E-state index contributed by atoms with van der Waals surface area (Å²) in [5, 5.41) is 0. The maximum atomic E-state index is 11.4. The molecule has 1 nitrogen and oxygen atoms in total. The maximum absolute atomic E-state index is 11.4. The Morgan fingerprint density at radius 2 is 2.00 bits per heavy atom. The Labute approximate surface area is 58.2 Å². The Balaban J connectivity index is 3.04. The first-order valence-electron chi connectivity index (χ1n) is 3.05. The zero-order valence-corrected chi connectivity index (χ0v) is 5.74. The monoisotopic (exact) mass is 155 g/mol. The molecular weight excluding hydrogens is 145 g/mol. The summed E-state index contributed by atoms with van der Waals surface area (Å²) in [5.41, 5.74) is 0. The van der Waals surface area contributed by atoms with Crippen LogP contribution in [0.15, 0.2) is 0 Å². The van der Waals surface area contributed by atoms with E-state index in [4.69, 9.17) is 4.74 Å². The van der Waals surface area contributed by atoms with E-state index in [9.17, 15) is 13.2 Å². The van der Waals surface area contributed by atoms with Crippen molar-refractivity contribution in [2.24, 2.45) is 0 Å². The van der Waals surface area contributed by atoms with Gasteiger partial charge in [-0.1, -0.05) is 0 Å². The van der Waals surface area contributed by atoms with Gasteiger partial charge in [-0.25, -0.2) is 0 Å². The summed E-state index contributed by atoms with van der Waals surface area (Å²) in [6.45, 7) is 2.36. The summed E-state index contributed by atoms with van der Waals surface area (Å²) in [6.07, 6.45) is -3.92. The molecule has 4 heteroatoms. The van der Waals surface area contributed by atoms with Gasteiger partial charge in [0.15, 0.2) is 0 Å². The molecule has 0 spiro atoms. The smallest absolute Gasteiger partial charge is 0.382 e. The van der Waals surface area contributed by atoms with Crippen molar-refractivity contribution in [2.45, 2.75) is 19.5 Å². The minimum atomic E-state index is -4.16. The minimum Gasteiger partial charge on any atom is -0.382 e. The van der Waals surface area contributed by atoms with E-state index in [2.05, 4.69) is 0 Å². The Kier molecular flexibility index (Phi) is 4.43. The van der Waals surface area contributed by atoms with Crippen LogP contribution in [-0.2, 0) is 4.74 Å². The summed E-state index contributed by atoms with van der Waals surface area (Å²) >= 11 is 0. The molecule has 10 heavy (non-hydrogen) atoms. The maximum Gasteiger partial charge on any atom is 0.392 e. The molecule has 0 aromatic rings. The van der Waals surface area contributed by atoms with Gasteiger partial charge in [0.1, 0.15) is 0 Å². The second-order valence-electron chi connectivity index (χ2n) is 1.73. The van der Waals surface area contributed by atoms with Crippen molar-refractivity contribution in [3.05, 3.63) is 6.42 Å². The summed E-state index contributed by atoms with van der Waals surface area (Å²) < 4.78 is 38.8. The van der Waals surface area contributed by atoms with Gasteiger partial charge in [-0.3, -0.25) is 0 Å². The lowest BCUT2D eigenvalue weighted by Gasteiger charge is -2.04. The van der Waals surface area contributed by atoms with Gasteiger partial charge in [-0.05, 0) is 13.3 Å². The van der Waals surface area contributed by atoms with Gasteiger partial charge >= 0.3 is 6.18 Å². The second kappa shape index (κ2) is 4.55. The molecule has 0 rings (SSSR count). The fourth-order valence-corrected chi connectivity index (χ4v) is 0.450. The van der Waals surface area contributed by atoms with Crippen molar-refractivity contribution in [3.8, 4) is 0 Å². The van der Waals surface area contributed by atoms with Crippen molar-refractivity contribution in [1.82, 2.24) is 0 Å². The van der Waals surface area contributed by atoms with Crippen LogP contribution in [0.3, 0.4) is 0 Å². The van der Waals surface area contributed by atoms with E-state index < -0.39 is 6.18 Å². The molecule has 0 aromatic heterocycles. The van der Waals surface area contributed by atoms with E-state index in [0.29, 0.717) is 13.0 Å². The van der Waals surface area contributed by atoms with Crippen LogP contribution in [0.2, 0.25) is 0 Å². The highest BCUT2D eigenvalue weighted by molar-refractivity contribution is 4.73. The lowest BCUT2D eigenvalue weighted by atomic mass is 10.3. The molecule has 0 atom stereocenters. The zero-order chi connectivity index (χ0) is 8.04.